The Morgan fingerprint density at radius 2 is 1.72 bits per heavy atom. The zero-order valence-electron chi connectivity index (χ0n) is 15.4. The maximum absolute atomic E-state index is 13.1. The van der Waals surface area contributed by atoms with Crippen molar-refractivity contribution in [2.75, 3.05) is 10.6 Å². The van der Waals surface area contributed by atoms with Crippen LogP contribution < -0.4 is 10.6 Å². The number of hydrogen-bond donors (Lipinski definition) is 2. The highest BCUT2D eigenvalue weighted by Gasteiger charge is 2.09. The predicted octanol–water partition coefficient (Wildman–Crippen LogP) is 5.18. The number of halogens is 1. The number of nitrogens with one attached hydrogen (secondary N) is 2. The Morgan fingerprint density at radius 1 is 0.966 bits per heavy atom. The molecule has 2 N–H and O–H groups in total. The number of carbonyl (C=O) groups excluding carboxylic acids is 1. The van der Waals surface area contributed by atoms with Crippen molar-refractivity contribution >= 4 is 23.1 Å². The van der Waals surface area contributed by atoms with Crippen LogP contribution in [0, 0.1) is 17.1 Å². The SMILES string of the molecule is N#Cc1ccc(NC(=O)Nc2cccc3c(Cc4ccc(F)cc4)ccn23)cc1. The van der Waals surface area contributed by atoms with Crippen molar-refractivity contribution in [2.45, 2.75) is 6.42 Å². The molecule has 0 saturated heterocycles. The average Bonchev–Trinajstić information content (AvgIpc) is 3.14. The lowest BCUT2D eigenvalue weighted by molar-refractivity contribution is 0.262. The summed E-state index contributed by atoms with van der Waals surface area (Å²) < 4.78 is 15.0. The highest BCUT2D eigenvalue weighted by molar-refractivity contribution is 5.99. The lowest BCUT2D eigenvalue weighted by Crippen LogP contribution is -2.20. The molecule has 4 aromatic rings. The molecule has 0 aliphatic carbocycles. The summed E-state index contributed by atoms with van der Waals surface area (Å²) in [6.45, 7) is 0. The van der Waals surface area contributed by atoms with E-state index in [0.29, 0.717) is 23.5 Å². The maximum Gasteiger partial charge on any atom is 0.324 e. The number of carbonyl (C=O) groups is 1. The number of aromatic nitrogens is 1. The van der Waals surface area contributed by atoms with Crippen LogP contribution in [0.15, 0.2) is 79.0 Å². The molecule has 29 heavy (non-hydrogen) atoms. The van der Waals surface area contributed by atoms with Gasteiger partial charge in [-0.3, -0.25) is 5.32 Å². The smallest absolute Gasteiger partial charge is 0.308 e. The molecule has 0 radical (unpaired) electrons. The Kier molecular flexibility index (Phi) is 4.95. The summed E-state index contributed by atoms with van der Waals surface area (Å²) in [5.74, 6) is 0.370. The molecular formula is C23H17FN4O. The lowest BCUT2D eigenvalue weighted by Gasteiger charge is -2.10. The summed E-state index contributed by atoms with van der Waals surface area (Å²) in [4.78, 5) is 12.4. The summed E-state index contributed by atoms with van der Waals surface area (Å²) in [7, 11) is 0. The molecule has 0 spiro atoms. The van der Waals surface area contributed by atoms with E-state index in [1.165, 1.54) is 12.1 Å². The number of urea groups is 1. The highest BCUT2D eigenvalue weighted by atomic mass is 19.1. The molecule has 0 aliphatic rings. The first-order valence-corrected chi connectivity index (χ1v) is 9.04. The molecular weight excluding hydrogens is 367 g/mol. The first kappa shape index (κ1) is 18.3. The van der Waals surface area contributed by atoms with Crippen molar-refractivity contribution in [3.8, 4) is 6.07 Å². The standard InChI is InChI=1S/C23H17FN4O/c24-19-8-4-16(5-9-19)14-18-12-13-28-21(18)2-1-3-22(28)27-23(29)26-20-10-6-17(15-25)7-11-20/h1-13H,14H2,(H2,26,27,29). The van der Waals surface area contributed by atoms with Gasteiger partial charge in [0.2, 0.25) is 0 Å². The summed E-state index contributed by atoms with van der Waals surface area (Å²) in [6, 6.07) is 22.4. The van der Waals surface area contributed by atoms with Gasteiger partial charge in [0.1, 0.15) is 11.6 Å². The number of pyridine rings is 1. The van der Waals surface area contributed by atoms with E-state index >= 15 is 0 Å². The topological polar surface area (TPSA) is 69.3 Å². The van der Waals surface area contributed by atoms with Gasteiger partial charge in [0.05, 0.1) is 17.1 Å². The Bertz CT molecular complexity index is 1200. The largest absolute Gasteiger partial charge is 0.324 e. The third-order valence-electron chi connectivity index (χ3n) is 4.60. The fourth-order valence-corrected chi connectivity index (χ4v) is 3.17. The van der Waals surface area contributed by atoms with E-state index < -0.39 is 0 Å². The molecule has 2 amide bonds. The molecule has 0 fully saturated rings. The number of anilines is 2. The van der Waals surface area contributed by atoms with Crippen LogP contribution in [0.5, 0.6) is 0 Å². The lowest BCUT2D eigenvalue weighted by atomic mass is 10.1. The Hall–Kier alpha value is -4.11. The molecule has 2 aromatic heterocycles. The van der Waals surface area contributed by atoms with Crippen molar-refractivity contribution in [3.05, 3.63) is 102 Å². The van der Waals surface area contributed by atoms with Crippen molar-refractivity contribution < 1.29 is 9.18 Å². The molecule has 142 valence electrons. The minimum Gasteiger partial charge on any atom is -0.308 e. The first-order chi connectivity index (χ1) is 14.1. The molecule has 6 heteroatoms. The van der Waals surface area contributed by atoms with Crippen LogP contribution in [0.1, 0.15) is 16.7 Å². The number of fused-ring (bicyclic) bond motifs is 1. The predicted molar refractivity (Wildman–Crippen MR) is 110 cm³/mol. The quantitative estimate of drug-likeness (QED) is 0.509. The molecule has 0 bridgehead atoms. The number of nitriles is 1. The van der Waals surface area contributed by atoms with E-state index in [4.69, 9.17) is 5.26 Å². The summed E-state index contributed by atoms with van der Waals surface area (Å²) in [5.41, 5.74) is 4.18. The van der Waals surface area contributed by atoms with E-state index in [1.807, 2.05) is 40.9 Å². The zero-order chi connectivity index (χ0) is 20.2. The van der Waals surface area contributed by atoms with Crippen LogP contribution in [0.25, 0.3) is 5.52 Å². The number of rotatable bonds is 4. The maximum atomic E-state index is 13.1. The van der Waals surface area contributed by atoms with Crippen LogP contribution in [-0.4, -0.2) is 10.4 Å². The van der Waals surface area contributed by atoms with Gasteiger partial charge in [-0.15, -0.1) is 0 Å². The van der Waals surface area contributed by atoms with Crippen LogP contribution in [0.2, 0.25) is 0 Å². The van der Waals surface area contributed by atoms with Gasteiger partial charge in [0.25, 0.3) is 0 Å². The van der Waals surface area contributed by atoms with E-state index in [-0.39, 0.29) is 11.8 Å². The van der Waals surface area contributed by atoms with Gasteiger partial charge in [-0.05, 0) is 72.1 Å². The number of nitrogens with zero attached hydrogens (tertiary/aromatic N) is 2. The number of benzene rings is 2. The third-order valence-corrected chi connectivity index (χ3v) is 4.60. The second-order valence-corrected chi connectivity index (χ2v) is 6.58. The van der Waals surface area contributed by atoms with E-state index in [2.05, 4.69) is 10.6 Å². The monoisotopic (exact) mass is 384 g/mol. The molecule has 5 nitrogen and oxygen atoms in total. The van der Waals surface area contributed by atoms with E-state index in [1.54, 1.807) is 36.4 Å². The molecule has 0 aliphatic heterocycles. The van der Waals surface area contributed by atoms with Crippen LogP contribution >= 0.6 is 0 Å². The first-order valence-electron chi connectivity index (χ1n) is 9.04. The van der Waals surface area contributed by atoms with Crippen molar-refractivity contribution in [1.29, 1.82) is 5.26 Å². The molecule has 2 aromatic carbocycles. The van der Waals surface area contributed by atoms with Gasteiger partial charge >= 0.3 is 6.03 Å². The van der Waals surface area contributed by atoms with Gasteiger partial charge in [-0.1, -0.05) is 18.2 Å². The van der Waals surface area contributed by atoms with Crippen LogP contribution in [-0.2, 0) is 6.42 Å². The Balaban J connectivity index is 1.52. The fraction of sp³-hybridized carbons (Fsp3) is 0.0435. The van der Waals surface area contributed by atoms with Gasteiger partial charge in [0.15, 0.2) is 0 Å². The van der Waals surface area contributed by atoms with Crippen LogP contribution in [0.3, 0.4) is 0 Å². The van der Waals surface area contributed by atoms with Crippen LogP contribution in [0.4, 0.5) is 20.7 Å². The summed E-state index contributed by atoms with van der Waals surface area (Å²) >= 11 is 0. The highest BCUT2D eigenvalue weighted by Crippen LogP contribution is 2.21. The minimum atomic E-state index is -0.379. The van der Waals surface area contributed by atoms with Gasteiger partial charge < -0.3 is 9.72 Å². The zero-order valence-corrected chi connectivity index (χ0v) is 15.4. The molecule has 4 rings (SSSR count). The fourth-order valence-electron chi connectivity index (χ4n) is 3.17. The summed E-state index contributed by atoms with van der Waals surface area (Å²) in [6.07, 6.45) is 2.56. The second kappa shape index (κ2) is 7.87. The van der Waals surface area contributed by atoms with E-state index in [0.717, 1.165) is 16.6 Å². The van der Waals surface area contributed by atoms with Gasteiger partial charge in [0, 0.05) is 11.9 Å². The second-order valence-electron chi connectivity index (χ2n) is 6.58. The number of amides is 2. The normalized spacial score (nSPS) is 10.5. The Morgan fingerprint density at radius 3 is 2.45 bits per heavy atom. The van der Waals surface area contributed by atoms with Crippen molar-refractivity contribution in [1.82, 2.24) is 4.40 Å². The van der Waals surface area contributed by atoms with Gasteiger partial charge in [-0.25, -0.2) is 9.18 Å². The average molecular weight is 384 g/mol. The number of hydrogen-bond acceptors (Lipinski definition) is 2. The summed E-state index contributed by atoms with van der Waals surface area (Å²) in [5, 5.41) is 14.4. The molecule has 2 heterocycles. The molecule has 0 saturated carbocycles. The molecule has 0 atom stereocenters. The third kappa shape index (κ3) is 4.09. The molecule has 0 unspecified atom stereocenters. The van der Waals surface area contributed by atoms with Gasteiger partial charge in [-0.2, -0.15) is 5.26 Å². The Labute approximate surface area is 167 Å². The van der Waals surface area contributed by atoms with Crippen molar-refractivity contribution in [3.63, 3.8) is 0 Å². The van der Waals surface area contributed by atoms with E-state index in [9.17, 15) is 9.18 Å². The minimum absolute atomic E-state index is 0.254. The van der Waals surface area contributed by atoms with Crippen molar-refractivity contribution in [2.24, 2.45) is 0 Å².